The number of pyridine rings is 1. The zero-order valence-corrected chi connectivity index (χ0v) is 9.36. The Bertz CT molecular complexity index is 488. The highest BCUT2D eigenvalue weighted by molar-refractivity contribution is 5.47. The van der Waals surface area contributed by atoms with Gasteiger partial charge in [0.25, 0.3) is 0 Å². The molecule has 3 rings (SSSR count). The van der Waals surface area contributed by atoms with Gasteiger partial charge in [0, 0.05) is 11.6 Å². The van der Waals surface area contributed by atoms with Gasteiger partial charge in [0.15, 0.2) is 11.5 Å². The fourth-order valence-corrected chi connectivity index (χ4v) is 2.06. The van der Waals surface area contributed by atoms with Gasteiger partial charge in [-0.2, -0.15) is 5.10 Å². The van der Waals surface area contributed by atoms with E-state index in [1.165, 1.54) is 12.0 Å². The van der Waals surface area contributed by atoms with Crippen LogP contribution < -0.4 is 0 Å². The highest BCUT2D eigenvalue weighted by Crippen LogP contribution is 2.45. The van der Waals surface area contributed by atoms with Gasteiger partial charge in [0.2, 0.25) is 0 Å². The highest BCUT2D eigenvalue weighted by Gasteiger charge is 2.37. The second-order valence-electron chi connectivity index (χ2n) is 4.68. The molecule has 2 unspecified atom stereocenters. The number of rotatable bonds is 1. The lowest BCUT2D eigenvalue weighted by Crippen LogP contribution is -1.94. The first-order chi connectivity index (χ1) is 7.16. The molecule has 0 spiro atoms. The maximum Gasteiger partial charge on any atom is 0.158 e. The average Bonchev–Trinajstić information content (AvgIpc) is 2.79. The largest absolute Gasteiger partial charge is 0.218 e. The second-order valence-corrected chi connectivity index (χ2v) is 4.68. The molecule has 0 amide bonds. The lowest BCUT2D eigenvalue weighted by molar-refractivity contribution is 0.814. The van der Waals surface area contributed by atoms with E-state index in [-0.39, 0.29) is 0 Å². The quantitative estimate of drug-likeness (QED) is 0.709. The average molecular weight is 201 g/mol. The van der Waals surface area contributed by atoms with Crippen LogP contribution >= 0.6 is 0 Å². The van der Waals surface area contributed by atoms with Gasteiger partial charge < -0.3 is 0 Å². The number of aromatic nitrogens is 3. The molecule has 0 N–H and O–H groups in total. The number of aryl methyl sites for hydroxylation is 2. The Labute approximate surface area is 89.1 Å². The molecule has 0 aliphatic heterocycles. The van der Waals surface area contributed by atoms with E-state index < -0.39 is 0 Å². The second kappa shape index (κ2) is 2.81. The SMILES string of the molecule is Cc1ccc(C)n2nc(C3CC3C)nc12. The molecule has 1 fully saturated rings. The van der Waals surface area contributed by atoms with Gasteiger partial charge in [-0.15, -0.1) is 0 Å². The van der Waals surface area contributed by atoms with E-state index in [9.17, 15) is 0 Å². The summed E-state index contributed by atoms with van der Waals surface area (Å²) in [5, 5.41) is 4.59. The number of hydrogen-bond donors (Lipinski definition) is 0. The van der Waals surface area contributed by atoms with Gasteiger partial charge in [-0.05, 0) is 37.8 Å². The molecule has 0 radical (unpaired) electrons. The van der Waals surface area contributed by atoms with E-state index in [4.69, 9.17) is 0 Å². The lowest BCUT2D eigenvalue weighted by atomic mass is 10.3. The highest BCUT2D eigenvalue weighted by atomic mass is 15.3. The lowest BCUT2D eigenvalue weighted by Gasteiger charge is -1.98. The summed E-state index contributed by atoms with van der Waals surface area (Å²) in [7, 11) is 0. The summed E-state index contributed by atoms with van der Waals surface area (Å²) in [6, 6.07) is 4.20. The topological polar surface area (TPSA) is 30.2 Å². The van der Waals surface area contributed by atoms with Gasteiger partial charge >= 0.3 is 0 Å². The molecular formula is C12H15N3. The van der Waals surface area contributed by atoms with Crippen LogP contribution in [0.25, 0.3) is 5.65 Å². The summed E-state index contributed by atoms with van der Waals surface area (Å²) in [5.41, 5.74) is 3.37. The van der Waals surface area contributed by atoms with E-state index in [1.807, 2.05) is 4.52 Å². The van der Waals surface area contributed by atoms with Crippen molar-refractivity contribution < 1.29 is 0 Å². The Balaban J connectivity index is 2.21. The molecule has 1 saturated carbocycles. The van der Waals surface area contributed by atoms with Gasteiger partial charge in [-0.25, -0.2) is 9.50 Å². The van der Waals surface area contributed by atoms with Crippen LogP contribution in [-0.4, -0.2) is 14.6 Å². The summed E-state index contributed by atoms with van der Waals surface area (Å²) in [6.07, 6.45) is 1.25. The van der Waals surface area contributed by atoms with E-state index >= 15 is 0 Å². The molecule has 2 heterocycles. The van der Waals surface area contributed by atoms with Crippen molar-refractivity contribution in [1.82, 2.24) is 14.6 Å². The van der Waals surface area contributed by atoms with Crippen molar-refractivity contribution in [3.8, 4) is 0 Å². The zero-order chi connectivity index (χ0) is 10.6. The monoisotopic (exact) mass is 201 g/mol. The molecule has 1 aliphatic rings. The number of fused-ring (bicyclic) bond motifs is 1. The summed E-state index contributed by atoms with van der Waals surface area (Å²) in [4.78, 5) is 4.64. The van der Waals surface area contributed by atoms with Crippen molar-refractivity contribution in [2.24, 2.45) is 5.92 Å². The van der Waals surface area contributed by atoms with E-state index in [0.29, 0.717) is 5.92 Å². The minimum atomic E-state index is 0.601. The van der Waals surface area contributed by atoms with Gasteiger partial charge in [0.1, 0.15) is 0 Å². The minimum Gasteiger partial charge on any atom is -0.218 e. The molecule has 15 heavy (non-hydrogen) atoms. The minimum absolute atomic E-state index is 0.601. The fraction of sp³-hybridized carbons (Fsp3) is 0.500. The molecule has 3 nitrogen and oxygen atoms in total. The molecule has 2 aromatic rings. The summed E-state index contributed by atoms with van der Waals surface area (Å²) in [5.74, 6) is 2.40. The van der Waals surface area contributed by atoms with E-state index in [2.05, 4.69) is 43.0 Å². The normalized spacial score (nSPS) is 24.7. The van der Waals surface area contributed by atoms with Crippen LogP contribution in [-0.2, 0) is 0 Å². The Hall–Kier alpha value is -1.38. The van der Waals surface area contributed by atoms with Crippen molar-refractivity contribution in [1.29, 1.82) is 0 Å². The van der Waals surface area contributed by atoms with Gasteiger partial charge in [0.05, 0.1) is 0 Å². The van der Waals surface area contributed by atoms with E-state index in [1.54, 1.807) is 0 Å². The van der Waals surface area contributed by atoms with Gasteiger partial charge in [-0.3, -0.25) is 0 Å². The Morgan fingerprint density at radius 2 is 2.07 bits per heavy atom. The molecular weight excluding hydrogens is 186 g/mol. The third kappa shape index (κ3) is 1.26. The molecule has 3 heteroatoms. The molecule has 78 valence electrons. The van der Waals surface area contributed by atoms with Crippen molar-refractivity contribution in [3.63, 3.8) is 0 Å². The third-order valence-electron chi connectivity index (χ3n) is 3.33. The Morgan fingerprint density at radius 3 is 2.67 bits per heavy atom. The van der Waals surface area contributed by atoms with Crippen LogP contribution in [0, 0.1) is 19.8 Å². The van der Waals surface area contributed by atoms with Gasteiger partial charge in [-0.1, -0.05) is 13.0 Å². The van der Waals surface area contributed by atoms with Crippen molar-refractivity contribution in [2.45, 2.75) is 33.1 Å². The molecule has 2 aromatic heterocycles. The molecule has 0 aromatic carbocycles. The first-order valence-electron chi connectivity index (χ1n) is 5.49. The van der Waals surface area contributed by atoms with Crippen LogP contribution in [0.5, 0.6) is 0 Å². The number of nitrogens with zero attached hydrogens (tertiary/aromatic N) is 3. The first kappa shape index (κ1) is 8.89. The number of hydrogen-bond acceptors (Lipinski definition) is 2. The molecule has 0 bridgehead atoms. The van der Waals surface area contributed by atoms with E-state index in [0.717, 1.165) is 23.1 Å². The fourth-order valence-electron chi connectivity index (χ4n) is 2.06. The van der Waals surface area contributed by atoms with Crippen LogP contribution in [0.3, 0.4) is 0 Å². The maximum atomic E-state index is 4.64. The maximum absolute atomic E-state index is 4.64. The summed E-state index contributed by atoms with van der Waals surface area (Å²) >= 11 is 0. The molecule has 2 atom stereocenters. The van der Waals surface area contributed by atoms with Crippen molar-refractivity contribution >= 4 is 5.65 Å². The predicted octanol–water partition coefficient (Wildman–Crippen LogP) is 2.47. The predicted molar refractivity (Wildman–Crippen MR) is 59.0 cm³/mol. The Kier molecular flexibility index (Phi) is 1.67. The first-order valence-corrected chi connectivity index (χ1v) is 5.49. The van der Waals surface area contributed by atoms with Crippen molar-refractivity contribution in [2.75, 3.05) is 0 Å². The Morgan fingerprint density at radius 1 is 1.33 bits per heavy atom. The van der Waals surface area contributed by atoms with Crippen LogP contribution in [0.15, 0.2) is 12.1 Å². The zero-order valence-electron chi connectivity index (χ0n) is 9.36. The van der Waals surface area contributed by atoms with Crippen LogP contribution in [0.2, 0.25) is 0 Å². The smallest absolute Gasteiger partial charge is 0.158 e. The standard InChI is InChI=1S/C12H15N3/c1-7-4-5-9(3)15-12(7)13-11(14-15)10-6-8(10)2/h4-5,8,10H,6H2,1-3H3. The summed E-state index contributed by atoms with van der Waals surface area (Å²) in [6.45, 7) is 6.42. The van der Waals surface area contributed by atoms with Crippen LogP contribution in [0.4, 0.5) is 0 Å². The summed E-state index contributed by atoms with van der Waals surface area (Å²) < 4.78 is 1.97. The van der Waals surface area contributed by atoms with Crippen molar-refractivity contribution in [3.05, 3.63) is 29.2 Å². The molecule has 1 aliphatic carbocycles. The van der Waals surface area contributed by atoms with Crippen LogP contribution in [0.1, 0.15) is 36.3 Å². The molecule has 0 saturated heterocycles. The third-order valence-corrected chi connectivity index (χ3v) is 3.33.